The van der Waals surface area contributed by atoms with Crippen molar-refractivity contribution in [1.29, 1.82) is 5.26 Å². The number of rotatable bonds is 16. The minimum Gasteiger partial charge on any atom is -0.495 e. The maximum absolute atomic E-state index is 14.4. The second kappa shape index (κ2) is 19.3. The molecule has 0 saturated carbocycles. The van der Waals surface area contributed by atoms with Crippen LogP contribution in [0.5, 0.6) is 11.5 Å². The zero-order valence-electron chi connectivity index (χ0n) is 29.7. The van der Waals surface area contributed by atoms with Gasteiger partial charge in [-0.1, -0.05) is 62.2 Å². The van der Waals surface area contributed by atoms with Gasteiger partial charge < -0.3 is 25.0 Å². The Labute approximate surface area is 315 Å². The monoisotopic (exact) mass is 755 g/mol. The first kappa shape index (κ1) is 41.1. The summed E-state index contributed by atoms with van der Waals surface area (Å²) in [5.41, 5.74) is 2.00. The number of benzene rings is 2. The molecule has 0 unspecified atom stereocenters. The van der Waals surface area contributed by atoms with Gasteiger partial charge in [-0.2, -0.15) is 10.2 Å². The average Bonchev–Trinajstić information content (AvgIpc) is 3.10. The van der Waals surface area contributed by atoms with E-state index in [-0.39, 0.29) is 57.2 Å². The number of nitrogens with zero attached hydrogens (tertiary/aromatic N) is 5. The topological polar surface area (TPSA) is 134 Å². The summed E-state index contributed by atoms with van der Waals surface area (Å²) in [6.45, 7) is 8.83. The van der Waals surface area contributed by atoms with Gasteiger partial charge in [0.1, 0.15) is 28.8 Å². The minimum atomic E-state index is -0.482. The van der Waals surface area contributed by atoms with Gasteiger partial charge in [-0.25, -0.2) is 4.98 Å². The van der Waals surface area contributed by atoms with Crippen LogP contribution in [0.2, 0.25) is 10.0 Å². The second-order valence-electron chi connectivity index (χ2n) is 12.1. The number of nitriles is 1. The van der Waals surface area contributed by atoms with Crippen molar-refractivity contribution < 1.29 is 14.3 Å². The van der Waals surface area contributed by atoms with E-state index in [0.29, 0.717) is 47.1 Å². The third-order valence-corrected chi connectivity index (χ3v) is 8.88. The lowest BCUT2D eigenvalue weighted by Crippen LogP contribution is -2.25. The molecule has 0 spiro atoms. The number of ether oxygens (including phenoxy) is 2. The standard InChI is InChI=1S/C37H43Cl2N7O4.ClH/c1-7-45(4)15-9-8-14-41-37-42-22-26-19-28(31-32(38)29(49-5)20-30(50-6)33(31)39)36(48)46(34(26)44-37)16-13-24-11-10-12-27(18-24)43-35(47)25(21-40)17-23(2)3;/h10-12,17-20,22-23H,7-9,13-16H2,1-6H3,(H,43,47)(H,41,42,44);1H. The van der Waals surface area contributed by atoms with Crippen molar-refractivity contribution >= 4 is 64.2 Å². The fourth-order valence-corrected chi connectivity index (χ4v) is 6.06. The van der Waals surface area contributed by atoms with Gasteiger partial charge in [-0.15, -0.1) is 12.4 Å². The zero-order valence-corrected chi connectivity index (χ0v) is 32.0. The number of anilines is 2. The van der Waals surface area contributed by atoms with Gasteiger partial charge in [-0.05, 0) is 69.1 Å². The number of methoxy groups -OCH3 is 2. The van der Waals surface area contributed by atoms with Gasteiger partial charge in [0.15, 0.2) is 0 Å². The molecule has 0 saturated heterocycles. The van der Waals surface area contributed by atoms with Crippen LogP contribution < -0.4 is 25.7 Å². The molecule has 272 valence electrons. The van der Waals surface area contributed by atoms with Gasteiger partial charge in [0.05, 0.1) is 29.8 Å². The molecule has 0 aliphatic rings. The van der Waals surface area contributed by atoms with E-state index in [4.69, 9.17) is 37.7 Å². The molecule has 0 radical (unpaired) electrons. The van der Waals surface area contributed by atoms with Crippen molar-refractivity contribution in [1.82, 2.24) is 19.4 Å². The first-order valence-electron chi connectivity index (χ1n) is 16.5. The Hall–Kier alpha value is -4.34. The minimum absolute atomic E-state index is 0. The van der Waals surface area contributed by atoms with E-state index < -0.39 is 5.91 Å². The Morgan fingerprint density at radius 1 is 1.12 bits per heavy atom. The lowest BCUT2D eigenvalue weighted by atomic mass is 10.0. The summed E-state index contributed by atoms with van der Waals surface area (Å²) >= 11 is 13.5. The number of carbonyl (C=O) groups excluding carboxylic acids is 1. The van der Waals surface area contributed by atoms with E-state index >= 15 is 0 Å². The number of nitrogens with one attached hydrogen (secondary N) is 2. The molecule has 0 aliphatic carbocycles. The van der Waals surface area contributed by atoms with Crippen LogP contribution in [0.25, 0.3) is 22.2 Å². The van der Waals surface area contributed by atoms with E-state index in [1.807, 2.05) is 38.1 Å². The molecule has 2 aromatic carbocycles. The van der Waals surface area contributed by atoms with E-state index in [9.17, 15) is 14.9 Å². The first-order chi connectivity index (χ1) is 24.0. The summed E-state index contributed by atoms with van der Waals surface area (Å²) in [5.74, 6) is 0.576. The number of carbonyl (C=O) groups is 1. The molecule has 0 bridgehead atoms. The predicted molar refractivity (Wildman–Crippen MR) is 208 cm³/mol. The maximum atomic E-state index is 14.4. The van der Waals surface area contributed by atoms with Crippen LogP contribution in [-0.2, 0) is 17.8 Å². The number of aryl methyl sites for hydroxylation is 2. The molecule has 14 heteroatoms. The number of halogens is 3. The second-order valence-corrected chi connectivity index (χ2v) is 12.9. The molecule has 2 N–H and O–H groups in total. The zero-order chi connectivity index (χ0) is 36.4. The fourth-order valence-electron chi connectivity index (χ4n) is 5.36. The summed E-state index contributed by atoms with van der Waals surface area (Å²) in [6.07, 6.45) is 5.66. The van der Waals surface area contributed by atoms with E-state index in [1.165, 1.54) is 14.2 Å². The molecule has 2 aromatic heterocycles. The van der Waals surface area contributed by atoms with Crippen molar-refractivity contribution in [3.8, 4) is 28.7 Å². The van der Waals surface area contributed by atoms with Gasteiger partial charge in [0, 0.05) is 42.0 Å². The van der Waals surface area contributed by atoms with Crippen LogP contribution in [0, 0.1) is 17.2 Å². The molecule has 2 heterocycles. The Morgan fingerprint density at radius 3 is 2.45 bits per heavy atom. The molecule has 4 aromatic rings. The van der Waals surface area contributed by atoms with Crippen molar-refractivity contribution in [3.05, 3.63) is 80.2 Å². The summed E-state index contributed by atoms with van der Waals surface area (Å²) in [7, 11) is 5.04. The highest BCUT2D eigenvalue weighted by molar-refractivity contribution is 6.41. The van der Waals surface area contributed by atoms with Crippen LogP contribution >= 0.6 is 35.6 Å². The highest BCUT2D eigenvalue weighted by Gasteiger charge is 2.23. The van der Waals surface area contributed by atoms with Crippen LogP contribution in [0.4, 0.5) is 11.6 Å². The normalized spacial score (nSPS) is 11.4. The lowest BCUT2D eigenvalue weighted by Gasteiger charge is -2.17. The number of hydrogen-bond donors (Lipinski definition) is 2. The molecule has 11 nitrogen and oxygen atoms in total. The smallest absolute Gasteiger partial charge is 0.265 e. The maximum Gasteiger partial charge on any atom is 0.265 e. The summed E-state index contributed by atoms with van der Waals surface area (Å²) in [5, 5.41) is 16.5. The Kier molecular flexibility index (Phi) is 15.6. The highest BCUT2D eigenvalue weighted by atomic mass is 35.5. The number of unbranched alkanes of at least 4 members (excludes halogenated alkanes) is 1. The number of fused-ring (bicyclic) bond motifs is 1. The van der Waals surface area contributed by atoms with Crippen LogP contribution in [0.3, 0.4) is 0 Å². The molecule has 1 amide bonds. The van der Waals surface area contributed by atoms with E-state index in [0.717, 1.165) is 31.5 Å². The lowest BCUT2D eigenvalue weighted by molar-refractivity contribution is -0.112. The quantitative estimate of drug-likeness (QED) is 0.0672. The summed E-state index contributed by atoms with van der Waals surface area (Å²) in [4.78, 5) is 38.7. The fraction of sp³-hybridized carbons (Fsp3) is 0.378. The van der Waals surface area contributed by atoms with Crippen LogP contribution in [0.1, 0.15) is 39.2 Å². The number of aromatic nitrogens is 3. The third-order valence-electron chi connectivity index (χ3n) is 8.13. The molecule has 51 heavy (non-hydrogen) atoms. The predicted octanol–water partition coefficient (Wildman–Crippen LogP) is 7.64. The summed E-state index contributed by atoms with van der Waals surface area (Å²) < 4.78 is 12.5. The van der Waals surface area contributed by atoms with E-state index in [1.54, 1.807) is 35.0 Å². The van der Waals surface area contributed by atoms with Crippen molar-refractivity contribution in [2.45, 2.75) is 46.6 Å². The van der Waals surface area contributed by atoms with Crippen molar-refractivity contribution in [2.75, 3.05) is 51.5 Å². The van der Waals surface area contributed by atoms with Crippen molar-refractivity contribution in [2.24, 2.45) is 5.92 Å². The number of hydrogen-bond acceptors (Lipinski definition) is 9. The highest BCUT2D eigenvalue weighted by Crippen LogP contribution is 2.45. The summed E-state index contributed by atoms with van der Waals surface area (Å²) in [6, 6.07) is 12.5. The molecular weight excluding hydrogens is 713 g/mol. The van der Waals surface area contributed by atoms with Gasteiger partial charge >= 0.3 is 0 Å². The van der Waals surface area contributed by atoms with Gasteiger partial charge in [0.25, 0.3) is 11.5 Å². The van der Waals surface area contributed by atoms with E-state index in [2.05, 4.69) is 34.5 Å². The molecule has 0 aliphatic heterocycles. The Bertz CT molecular complexity index is 1950. The van der Waals surface area contributed by atoms with Gasteiger partial charge in [0.2, 0.25) is 5.95 Å². The molecule has 0 atom stereocenters. The number of pyridine rings is 1. The number of allylic oxidation sites excluding steroid dienone is 1. The van der Waals surface area contributed by atoms with Crippen LogP contribution in [-0.4, -0.2) is 66.2 Å². The molecular formula is C37H44Cl3N7O4. The SMILES string of the molecule is CCN(C)CCCCNc1ncc2cc(-c3c(Cl)c(OC)cc(OC)c3Cl)c(=O)n(CCc3cccc(NC(=O)C(C#N)=CC(C)C)c3)c2n1.Cl. The average molecular weight is 757 g/mol. The molecule has 4 rings (SSSR count). The first-order valence-corrected chi connectivity index (χ1v) is 17.2. The third kappa shape index (κ3) is 10.4. The largest absolute Gasteiger partial charge is 0.495 e. The number of amides is 1. The van der Waals surface area contributed by atoms with Crippen molar-refractivity contribution in [3.63, 3.8) is 0 Å². The Balaban J connectivity index is 0.00000702. The Morgan fingerprint density at radius 2 is 1.82 bits per heavy atom. The molecule has 0 fully saturated rings. The van der Waals surface area contributed by atoms with Crippen LogP contribution in [0.15, 0.2) is 59.0 Å². The van der Waals surface area contributed by atoms with Gasteiger partial charge in [-0.3, -0.25) is 14.2 Å².